The Morgan fingerprint density at radius 2 is 2.10 bits per heavy atom. The van der Waals surface area contributed by atoms with E-state index in [1.807, 2.05) is 0 Å². The maximum Gasteiger partial charge on any atom is 0.0897 e. The molecule has 1 aromatic rings. The number of aliphatic hydroxyl groups is 1. The second kappa shape index (κ2) is 9.90. The molecule has 0 fully saturated rings. The summed E-state index contributed by atoms with van der Waals surface area (Å²) in [5, 5.41) is 13.1. The van der Waals surface area contributed by atoms with E-state index in [-0.39, 0.29) is 6.10 Å². The Bertz CT molecular complexity index is 371. The fraction of sp³-hybridized carbons (Fsp3) is 0.733. The summed E-state index contributed by atoms with van der Waals surface area (Å²) in [5.41, 5.74) is 0. The second-order valence-corrected chi connectivity index (χ2v) is 8.13. The molecular weight excluding hydrogens is 338 g/mol. The molecule has 20 heavy (non-hydrogen) atoms. The lowest BCUT2D eigenvalue weighted by Crippen LogP contribution is -2.32. The maximum atomic E-state index is 9.84. The summed E-state index contributed by atoms with van der Waals surface area (Å²) in [4.78, 5) is 1.35. The molecule has 0 aliphatic heterocycles. The summed E-state index contributed by atoms with van der Waals surface area (Å²) < 4.78 is 6.81. The zero-order chi connectivity index (χ0) is 15.0. The molecule has 2 N–H and O–H groups in total. The van der Waals surface area contributed by atoms with E-state index in [4.69, 9.17) is 4.74 Å². The highest BCUT2D eigenvalue weighted by Gasteiger charge is 2.09. The van der Waals surface area contributed by atoms with E-state index in [1.54, 1.807) is 11.3 Å². The van der Waals surface area contributed by atoms with Crippen molar-refractivity contribution in [1.82, 2.24) is 5.32 Å². The highest BCUT2D eigenvalue weighted by atomic mass is 79.9. The van der Waals surface area contributed by atoms with Crippen LogP contribution < -0.4 is 5.32 Å². The number of thiophene rings is 1. The number of aliphatic hydroxyl groups excluding tert-OH is 1. The van der Waals surface area contributed by atoms with Gasteiger partial charge >= 0.3 is 0 Å². The first-order chi connectivity index (χ1) is 9.47. The molecule has 0 aromatic carbocycles. The van der Waals surface area contributed by atoms with Gasteiger partial charge in [-0.1, -0.05) is 13.8 Å². The van der Waals surface area contributed by atoms with Gasteiger partial charge in [0.2, 0.25) is 0 Å². The number of hydrogen-bond acceptors (Lipinski definition) is 4. The molecule has 0 aliphatic carbocycles. The zero-order valence-corrected chi connectivity index (χ0v) is 15.0. The van der Waals surface area contributed by atoms with Crippen LogP contribution in [0.4, 0.5) is 0 Å². The van der Waals surface area contributed by atoms with E-state index in [2.05, 4.69) is 54.2 Å². The van der Waals surface area contributed by atoms with Crippen LogP contribution in [0.1, 0.15) is 32.1 Å². The van der Waals surface area contributed by atoms with Crippen LogP contribution in [0.25, 0.3) is 0 Å². The van der Waals surface area contributed by atoms with E-state index in [1.165, 1.54) is 8.66 Å². The molecule has 2 atom stereocenters. The molecule has 0 bridgehead atoms. The summed E-state index contributed by atoms with van der Waals surface area (Å²) in [6, 6.07) is 4.20. The lowest BCUT2D eigenvalue weighted by atomic mass is 10.1. The van der Waals surface area contributed by atoms with Gasteiger partial charge < -0.3 is 15.2 Å². The van der Waals surface area contributed by atoms with E-state index in [0.29, 0.717) is 19.1 Å². The minimum Gasteiger partial charge on any atom is -0.389 e. The molecule has 0 saturated heterocycles. The molecule has 2 unspecified atom stereocenters. The summed E-state index contributed by atoms with van der Waals surface area (Å²) in [7, 11) is 0. The SMILES string of the molecule is CC(C)CC(C)OCC(O)CNCCc1ccc(Br)s1. The Morgan fingerprint density at radius 1 is 1.35 bits per heavy atom. The van der Waals surface area contributed by atoms with E-state index >= 15 is 0 Å². The Hall–Kier alpha value is 0.0600. The fourth-order valence-corrected chi connectivity index (χ4v) is 3.52. The van der Waals surface area contributed by atoms with Crippen LogP contribution in [0.5, 0.6) is 0 Å². The molecule has 0 amide bonds. The monoisotopic (exact) mass is 363 g/mol. The van der Waals surface area contributed by atoms with Gasteiger partial charge in [-0.2, -0.15) is 0 Å². The Balaban J connectivity index is 2.03. The van der Waals surface area contributed by atoms with Crippen LogP contribution in [-0.2, 0) is 11.2 Å². The fourth-order valence-electron chi connectivity index (χ4n) is 2.03. The van der Waals surface area contributed by atoms with E-state index in [9.17, 15) is 5.11 Å². The molecule has 0 spiro atoms. The molecule has 1 aromatic heterocycles. The van der Waals surface area contributed by atoms with Crippen molar-refractivity contribution >= 4 is 27.3 Å². The van der Waals surface area contributed by atoms with Crippen LogP contribution in [-0.4, -0.2) is 37.0 Å². The lowest BCUT2D eigenvalue weighted by Gasteiger charge is -2.18. The van der Waals surface area contributed by atoms with Crippen molar-refractivity contribution in [3.8, 4) is 0 Å². The number of nitrogens with one attached hydrogen (secondary N) is 1. The van der Waals surface area contributed by atoms with Crippen LogP contribution in [0.15, 0.2) is 15.9 Å². The van der Waals surface area contributed by atoms with Gasteiger partial charge in [0.25, 0.3) is 0 Å². The summed E-state index contributed by atoms with van der Waals surface area (Å²) in [6.07, 6.45) is 1.81. The van der Waals surface area contributed by atoms with Crippen molar-refractivity contribution in [2.45, 2.75) is 45.8 Å². The maximum absolute atomic E-state index is 9.84. The van der Waals surface area contributed by atoms with Crippen molar-refractivity contribution < 1.29 is 9.84 Å². The largest absolute Gasteiger partial charge is 0.389 e. The number of rotatable bonds is 10. The third-order valence-electron chi connectivity index (χ3n) is 2.93. The average molecular weight is 364 g/mol. The van der Waals surface area contributed by atoms with Gasteiger partial charge in [0.1, 0.15) is 0 Å². The third kappa shape index (κ3) is 8.37. The van der Waals surface area contributed by atoms with Gasteiger partial charge in [0.15, 0.2) is 0 Å². The van der Waals surface area contributed by atoms with Crippen molar-refractivity contribution in [3.05, 3.63) is 20.8 Å². The minimum atomic E-state index is -0.431. The standard InChI is InChI=1S/C15H26BrNO2S/c1-11(2)8-12(3)19-10-13(18)9-17-7-6-14-4-5-15(16)20-14/h4-5,11-13,17-18H,6-10H2,1-3H3. The van der Waals surface area contributed by atoms with Crippen LogP contribution in [0, 0.1) is 5.92 Å². The smallest absolute Gasteiger partial charge is 0.0897 e. The predicted octanol–water partition coefficient (Wildman–Crippen LogP) is 3.45. The van der Waals surface area contributed by atoms with Crippen LogP contribution in [0.2, 0.25) is 0 Å². The van der Waals surface area contributed by atoms with Crippen molar-refractivity contribution in [2.24, 2.45) is 5.92 Å². The normalized spacial score (nSPS) is 14.7. The first-order valence-corrected chi connectivity index (χ1v) is 8.83. The number of ether oxygens (including phenoxy) is 1. The quantitative estimate of drug-likeness (QED) is 0.625. The second-order valence-electron chi connectivity index (χ2n) is 5.59. The Morgan fingerprint density at radius 3 is 2.70 bits per heavy atom. The Kier molecular flexibility index (Phi) is 8.96. The first-order valence-electron chi connectivity index (χ1n) is 7.22. The molecule has 0 radical (unpaired) electrons. The molecule has 116 valence electrons. The minimum absolute atomic E-state index is 0.216. The highest BCUT2D eigenvalue weighted by molar-refractivity contribution is 9.11. The van der Waals surface area contributed by atoms with Crippen molar-refractivity contribution in [2.75, 3.05) is 19.7 Å². The van der Waals surface area contributed by atoms with Gasteiger partial charge in [0, 0.05) is 18.0 Å². The predicted molar refractivity (Wildman–Crippen MR) is 89.5 cm³/mol. The van der Waals surface area contributed by atoms with Gasteiger partial charge in [-0.05, 0) is 53.7 Å². The van der Waals surface area contributed by atoms with Crippen LogP contribution in [0.3, 0.4) is 0 Å². The molecule has 1 heterocycles. The molecule has 1 rings (SSSR count). The highest BCUT2D eigenvalue weighted by Crippen LogP contribution is 2.21. The lowest BCUT2D eigenvalue weighted by molar-refractivity contribution is -0.00838. The van der Waals surface area contributed by atoms with E-state index in [0.717, 1.165) is 19.4 Å². The first kappa shape index (κ1) is 18.1. The van der Waals surface area contributed by atoms with Crippen molar-refractivity contribution in [3.63, 3.8) is 0 Å². The topological polar surface area (TPSA) is 41.5 Å². The average Bonchev–Trinajstić information content (AvgIpc) is 2.77. The van der Waals surface area contributed by atoms with E-state index < -0.39 is 6.10 Å². The summed E-state index contributed by atoms with van der Waals surface area (Å²) in [5.74, 6) is 0.630. The zero-order valence-electron chi connectivity index (χ0n) is 12.6. The molecule has 3 nitrogen and oxygen atoms in total. The molecule has 5 heteroatoms. The van der Waals surface area contributed by atoms with Gasteiger partial charge in [-0.15, -0.1) is 11.3 Å². The van der Waals surface area contributed by atoms with Crippen molar-refractivity contribution in [1.29, 1.82) is 0 Å². The van der Waals surface area contributed by atoms with Gasteiger partial charge in [-0.3, -0.25) is 0 Å². The summed E-state index contributed by atoms with van der Waals surface area (Å²) in [6.45, 7) is 8.30. The van der Waals surface area contributed by atoms with Gasteiger partial charge in [-0.25, -0.2) is 0 Å². The van der Waals surface area contributed by atoms with Gasteiger partial charge in [0.05, 0.1) is 22.6 Å². The number of hydrogen-bond donors (Lipinski definition) is 2. The van der Waals surface area contributed by atoms with Crippen LogP contribution >= 0.6 is 27.3 Å². The summed E-state index contributed by atoms with van der Waals surface area (Å²) >= 11 is 5.21. The molecular formula is C15H26BrNO2S. The number of halogens is 1. The third-order valence-corrected chi connectivity index (χ3v) is 4.62. The molecule has 0 saturated carbocycles. The molecule has 0 aliphatic rings. The Labute approximate surface area is 134 Å².